The number of aromatic nitrogens is 1. The molecule has 0 saturated heterocycles. The van der Waals surface area contributed by atoms with E-state index in [4.69, 9.17) is 4.74 Å². The van der Waals surface area contributed by atoms with Crippen LogP contribution in [0, 0.1) is 5.92 Å². The number of pyridine rings is 1. The summed E-state index contributed by atoms with van der Waals surface area (Å²) in [5, 5.41) is 10.3. The molecular formula is C16H19NO2. The van der Waals surface area contributed by atoms with Crippen LogP contribution in [0.1, 0.15) is 24.3 Å². The predicted octanol–water partition coefficient (Wildman–Crippen LogP) is 3.00. The SMILES string of the molecule is COc1cccc(CC(C)C(O)c2ccccc2)n1. The van der Waals surface area contributed by atoms with Crippen LogP contribution in [0.15, 0.2) is 48.5 Å². The summed E-state index contributed by atoms with van der Waals surface area (Å²) in [5.74, 6) is 0.709. The highest BCUT2D eigenvalue weighted by Crippen LogP contribution is 2.24. The molecule has 0 spiro atoms. The summed E-state index contributed by atoms with van der Waals surface area (Å²) in [6.45, 7) is 2.03. The van der Waals surface area contributed by atoms with Gasteiger partial charge in [-0.25, -0.2) is 4.98 Å². The smallest absolute Gasteiger partial charge is 0.213 e. The minimum atomic E-state index is -0.478. The summed E-state index contributed by atoms with van der Waals surface area (Å²) >= 11 is 0. The molecule has 100 valence electrons. The Kier molecular flexibility index (Phi) is 4.53. The van der Waals surface area contributed by atoms with Gasteiger partial charge in [0.15, 0.2) is 0 Å². The van der Waals surface area contributed by atoms with E-state index in [0.717, 1.165) is 11.3 Å². The molecule has 1 heterocycles. The number of benzene rings is 1. The summed E-state index contributed by atoms with van der Waals surface area (Å²) in [6.07, 6.45) is 0.238. The van der Waals surface area contributed by atoms with Gasteiger partial charge < -0.3 is 9.84 Å². The van der Waals surface area contributed by atoms with Crippen LogP contribution in [-0.2, 0) is 6.42 Å². The molecule has 3 heteroatoms. The fraction of sp³-hybridized carbons (Fsp3) is 0.312. The lowest BCUT2D eigenvalue weighted by Crippen LogP contribution is -2.12. The summed E-state index contributed by atoms with van der Waals surface area (Å²) in [7, 11) is 1.61. The van der Waals surface area contributed by atoms with Crippen molar-refractivity contribution < 1.29 is 9.84 Å². The third-order valence-electron chi connectivity index (χ3n) is 3.20. The first-order valence-electron chi connectivity index (χ1n) is 6.43. The van der Waals surface area contributed by atoms with Crippen molar-refractivity contribution in [2.75, 3.05) is 7.11 Å². The Balaban J connectivity index is 2.06. The summed E-state index contributed by atoms with van der Waals surface area (Å²) in [4.78, 5) is 4.37. The fourth-order valence-electron chi connectivity index (χ4n) is 2.11. The van der Waals surface area contributed by atoms with Crippen molar-refractivity contribution in [2.45, 2.75) is 19.4 Å². The Morgan fingerprint density at radius 3 is 2.53 bits per heavy atom. The van der Waals surface area contributed by atoms with Gasteiger partial charge in [0.05, 0.1) is 13.2 Å². The van der Waals surface area contributed by atoms with E-state index in [1.165, 1.54) is 0 Å². The number of methoxy groups -OCH3 is 1. The molecule has 3 nitrogen and oxygen atoms in total. The van der Waals surface area contributed by atoms with Gasteiger partial charge in [-0.05, 0) is 24.0 Å². The monoisotopic (exact) mass is 257 g/mol. The first-order chi connectivity index (χ1) is 9.20. The Bertz CT molecular complexity index is 513. The van der Waals surface area contributed by atoms with Crippen molar-refractivity contribution in [1.29, 1.82) is 0 Å². The van der Waals surface area contributed by atoms with Crippen LogP contribution >= 0.6 is 0 Å². The Morgan fingerprint density at radius 2 is 1.84 bits per heavy atom. The standard InChI is InChI=1S/C16H19NO2/c1-12(16(18)13-7-4-3-5-8-13)11-14-9-6-10-15(17-14)19-2/h3-10,12,16,18H,11H2,1-2H3. The Hall–Kier alpha value is -1.87. The molecule has 2 rings (SSSR count). The quantitative estimate of drug-likeness (QED) is 0.895. The van der Waals surface area contributed by atoms with E-state index in [2.05, 4.69) is 4.98 Å². The minimum Gasteiger partial charge on any atom is -0.481 e. The third kappa shape index (κ3) is 3.55. The normalized spacial score (nSPS) is 13.8. The number of hydrogen-bond acceptors (Lipinski definition) is 3. The lowest BCUT2D eigenvalue weighted by atomic mass is 9.93. The second kappa shape index (κ2) is 6.34. The molecular weight excluding hydrogens is 238 g/mol. The second-order valence-corrected chi connectivity index (χ2v) is 4.71. The molecule has 0 fully saturated rings. The van der Waals surface area contributed by atoms with E-state index in [9.17, 15) is 5.11 Å². The van der Waals surface area contributed by atoms with Crippen molar-refractivity contribution in [3.8, 4) is 5.88 Å². The molecule has 0 bridgehead atoms. The van der Waals surface area contributed by atoms with Gasteiger partial charge in [-0.3, -0.25) is 0 Å². The maximum absolute atomic E-state index is 10.3. The highest BCUT2D eigenvalue weighted by molar-refractivity contribution is 5.20. The minimum absolute atomic E-state index is 0.0991. The largest absolute Gasteiger partial charge is 0.481 e. The lowest BCUT2D eigenvalue weighted by Gasteiger charge is -2.19. The third-order valence-corrected chi connectivity index (χ3v) is 3.20. The zero-order valence-corrected chi connectivity index (χ0v) is 11.3. The molecule has 0 aliphatic carbocycles. The molecule has 0 aliphatic heterocycles. The molecule has 1 aromatic carbocycles. The maximum Gasteiger partial charge on any atom is 0.213 e. The van der Waals surface area contributed by atoms with Crippen molar-refractivity contribution >= 4 is 0 Å². The van der Waals surface area contributed by atoms with Crippen LogP contribution in [0.4, 0.5) is 0 Å². The highest BCUT2D eigenvalue weighted by atomic mass is 16.5. The fourth-order valence-corrected chi connectivity index (χ4v) is 2.11. The molecule has 2 unspecified atom stereocenters. The first kappa shape index (κ1) is 13.6. The van der Waals surface area contributed by atoms with Gasteiger partial charge in [0, 0.05) is 11.8 Å². The van der Waals surface area contributed by atoms with Crippen LogP contribution in [0.25, 0.3) is 0 Å². The average molecular weight is 257 g/mol. The number of aliphatic hydroxyl groups is 1. The highest BCUT2D eigenvalue weighted by Gasteiger charge is 2.17. The van der Waals surface area contributed by atoms with Crippen molar-refractivity contribution in [2.24, 2.45) is 5.92 Å². The van der Waals surface area contributed by atoms with Crippen molar-refractivity contribution in [3.63, 3.8) is 0 Å². The van der Waals surface area contributed by atoms with Crippen molar-refractivity contribution in [1.82, 2.24) is 4.98 Å². The van der Waals surface area contributed by atoms with E-state index >= 15 is 0 Å². The summed E-state index contributed by atoms with van der Waals surface area (Å²) < 4.78 is 5.11. The van der Waals surface area contributed by atoms with Crippen LogP contribution in [0.3, 0.4) is 0 Å². The van der Waals surface area contributed by atoms with Crippen LogP contribution in [0.2, 0.25) is 0 Å². The van der Waals surface area contributed by atoms with Crippen molar-refractivity contribution in [3.05, 3.63) is 59.8 Å². The van der Waals surface area contributed by atoms with Gasteiger partial charge >= 0.3 is 0 Å². The number of rotatable bonds is 5. The molecule has 0 aliphatic rings. The van der Waals surface area contributed by atoms with Crippen LogP contribution in [-0.4, -0.2) is 17.2 Å². The molecule has 0 amide bonds. The molecule has 2 aromatic rings. The molecule has 0 radical (unpaired) electrons. The molecule has 2 atom stereocenters. The predicted molar refractivity (Wildman–Crippen MR) is 75.1 cm³/mol. The van der Waals surface area contributed by atoms with Gasteiger partial charge in [-0.15, -0.1) is 0 Å². The average Bonchev–Trinajstić information content (AvgIpc) is 2.47. The zero-order valence-electron chi connectivity index (χ0n) is 11.3. The number of ether oxygens (including phenoxy) is 1. The lowest BCUT2D eigenvalue weighted by molar-refractivity contribution is 0.117. The van der Waals surface area contributed by atoms with Gasteiger partial charge in [0.2, 0.25) is 5.88 Å². The van der Waals surface area contributed by atoms with E-state index in [0.29, 0.717) is 12.3 Å². The van der Waals surface area contributed by atoms with Crippen LogP contribution in [0.5, 0.6) is 5.88 Å². The van der Waals surface area contributed by atoms with Gasteiger partial charge in [0.25, 0.3) is 0 Å². The molecule has 0 saturated carbocycles. The van der Waals surface area contributed by atoms with Gasteiger partial charge in [-0.1, -0.05) is 43.3 Å². The molecule has 1 aromatic heterocycles. The number of nitrogens with zero attached hydrogens (tertiary/aromatic N) is 1. The number of hydrogen-bond donors (Lipinski definition) is 1. The van der Waals surface area contributed by atoms with E-state index in [1.807, 2.05) is 55.5 Å². The van der Waals surface area contributed by atoms with E-state index < -0.39 is 6.10 Å². The Labute approximate surface area is 113 Å². The summed E-state index contributed by atoms with van der Waals surface area (Å²) in [5.41, 5.74) is 1.87. The number of aliphatic hydroxyl groups excluding tert-OH is 1. The molecule has 1 N–H and O–H groups in total. The van der Waals surface area contributed by atoms with Crippen LogP contribution < -0.4 is 4.74 Å². The van der Waals surface area contributed by atoms with E-state index in [1.54, 1.807) is 7.11 Å². The van der Waals surface area contributed by atoms with Gasteiger partial charge in [0.1, 0.15) is 0 Å². The second-order valence-electron chi connectivity index (χ2n) is 4.71. The zero-order chi connectivity index (χ0) is 13.7. The topological polar surface area (TPSA) is 42.4 Å². The van der Waals surface area contributed by atoms with E-state index in [-0.39, 0.29) is 5.92 Å². The Morgan fingerprint density at radius 1 is 1.11 bits per heavy atom. The van der Waals surface area contributed by atoms with Gasteiger partial charge in [-0.2, -0.15) is 0 Å². The maximum atomic E-state index is 10.3. The molecule has 19 heavy (non-hydrogen) atoms. The summed E-state index contributed by atoms with van der Waals surface area (Å²) in [6, 6.07) is 15.4. The first-order valence-corrected chi connectivity index (χ1v) is 6.43.